The molecule has 1 aliphatic heterocycles. The quantitative estimate of drug-likeness (QED) is 0.877. The van der Waals surface area contributed by atoms with Gasteiger partial charge in [0.25, 0.3) is 0 Å². The van der Waals surface area contributed by atoms with Gasteiger partial charge in [0.1, 0.15) is 0 Å². The molecule has 1 saturated heterocycles. The van der Waals surface area contributed by atoms with Crippen LogP contribution in [0, 0.1) is 6.92 Å². The van der Waals surface area contributed by atoms with Crippen LogP contribution >= 0.6 is 11.3 Å². The van der Waals surface area contributed by atoms with Crippen molar-refractivity contribution in [3.63, 3.8) is 0 Å². The summed E-state index contributed by atoms with van der Waals surface area (Å²) in [7, 11) is 1.75. The van der Waals surface area contributed by atoms with Crippen LogP contribution in [-0.2, 0) is 4.74 Å². The largest absolute Gasteiger partial charge is 0.383 e. The van der Waals surface area contributed by atoms with Gasteiger partial charge in [0, 0.05) is 43.9 Å². The van der Waals surface area contributed by atoms with Gasteiger partial charge in [-0.1, -0.05) is 0 Å². The highest BCUT2D eigenvalue weighted by Crippen LogP contribution is 2.31. The number of methoxy groups -OCH3 is 1. The molecule has 0 bridgehead atoms. The van der Waals surface area contributed by atoms with Crippen molar-refractivity contribution in [3.05, 3.63) is 29.2 Å². The van der Waals surface area contributed by atoms with E-state index < -0.39 is 0 Å². The Morgan fingerprint density at radius 1 is 1.39 bits per heavy atom. The average Bonchev–Trinajstić information content (AvgIpc) is 2.99. The molecule has 3 rings (SSSR count). The summed E-state index contributed by atoms with van der Waals surface area (Å²) in [6.45, 7) is 5.88. The number of likely N-dealkylation sites (tertiary alicyclic amines) is 1. The number of nitrogens with one attached hydrogen (secondary N) is 1. The molecule has 0 spiro atoms. The fraction of sp³-hybridized carbons (Fsp3) is 0.562. The van der Waals surface area contributed by atoms with Crippen LogP contribution in [0.15, 0.2) is 17.8 Å². The first-order valence-corrected chi connectivity index (χ1v) is 8.85. The van der Waals surface area contributed by atoms with Crippen molar-refractivity contribution in [2.24, 2.45) is 0 Å². The molecule has 1 fully saturated rings. The maximum Gasteiger partial charge on any atom is 0.188 e. The standard InChI is InChI=1S/C16H23N5OS/c1-12-11-23-16(19-12)20-15-14(17-5-6-18-15)13-4-3-7-21(10-13)8-9-22-2/h5-6,11,13H,3-4,7-10H2,1-2H3,(H,18,19,20)/t13-/m1/s1. The Kier molecular flexibility index (Phi) is 5.53. The van der Waals surface area contributed by atoms with Crippen molar-refractivity contribution in [2.45, 2.75) is 25.7 Å². The summed E-state index contributed by atoms with van der Waals surface area (Å²) in [5.74, 6) is 1.23. The van der Waals surface area contributed by atoms with Gasteiger partial charge in [-0.15, -0.1) is 11.3 Å². The van der Waals surface area contributed by atoms with E-state index >= 15 is 0 Å². The van der Waals surface area contributed by atoms with Gasteiger partial charge in [0.05, 0.1) is 18.0 Å². The van der Waals surface area contributed by atoms with Gasteiger partial charge in [0.2, 0.25) is 0 Å². The van der Waals surface area contributed by atoms with Crippen molar-refractivity contribution in [1.29, 1.82) is 0 Å². The Bertz CT molecular complexity index is 632. The number of ether oxygens (including phenoxy) is 1. The van der Waals surface area contributed by atoms with Crippen LogP contribution < -0.4 is 5.32 Å². The number of aromatic nitrogens is 3. The maximum absolute atomic E-state index is 5.20. The van der Waals surface area contributed by atoms with Gasteiger partial charge in [-0.05, 0) is 26.3 Å². The summed E-state index contributed by atoms with van der Waals surface area (Å²) in [5.41, 5.74) is 2.06. The summed E-state index contributed by atoms with van der Waals surface area (Å²) in [6, 6.07) is 0. The Morgan fingerprint density at radius 2 is 2.26 bits per heavy atom. The third kappa shape index (κ3) is 4.25. The lowest BCUT2D eigenvalue weighted by Gasteiger charge is -2.32. The van der Waals surface area contributed by atoms with Crippen molar-refractivity contribution in [2.75, 3.05) is 38.7 Å². The van der Waals surface area contributed by atoms with Crippen LogP contribution in [0.25, 0.3) is 0 Å². The Balaban J connectivity index is 1.74. The third-order valence-electron chi connectivity index (χ3n) is 4.07. The van der Waals surface area contributed by atoms with E-state index in [4.69, 9.17) is 4.74 Å². The van der Waals surface area contributed by atoms with Crippen LogP contribution in [0.3, 0.4) is 0 Å². The van der Waals surface area contributed by atoms with E-state index in [1.54, 1.807) is 30.8 Å². The summed E-state index contributed by atoms with van der Waals surface area (Å²) in [5, 5.41) is 6.24. The fourth-order valence-electron chi connectivity index (χ4n) is 2.96. The summed E-state index contributed by atoms with van der Waals surface area (Å²) >= 11 is 1.59. The minimum Gasteiger partial charge on any atom is -0.383 e. The highest BCUT2D eigenvalue weighted by atomic mass is 32.1. The van der Waals surface area contributed by atoms with E-state index in [0.717, 1.165) is 55.0 Å². The SMILES string of the molecule is COCCN1CCC[C@@H](c2nccnc2Nc2nc(C)cs2)C1. The molecule has 0 aromatic carbocycles. The fourth-order valence-corrected chi connectivity index (χ4v) is 3.65. The third-order valence-corrected chi connectivity index (χ3v) is 4.95. The van der Waals surface area contributed by atoms with Crippen LogP contribution in [0.4, 0.5) is 10.9 Å². The van der Waals surface area contributed by atoms with E-state index in [2.05, 4.69) is 25.2 Å². The predicted octanol–water partition coefficient (Wildman–Crippen LogP) is 2.81. The van der Waals surface area contributed by atoms with Crippen LogP contribution in [-0.4, -0.2) is 53.2 Å². The van der Waals surface area contributed by atoms with Crippen LogP contribution in [0.2, 0.25) is 0 Å². The molecule has 0 radical (unpaired) electrons. The van der Waals surface area contributed by atoms with E-state index in [-0.39, 0.29) is 0 Å². The molecule has 1 N–H and O–H groups in total. The minimum atomic E-state index is 0.401. The van der Waals surface area contributed by atoms with Gasteiger partial charge in [0.15, 0.2) is 10.9 Å². The Hall–Kier alpha value is -1.57. The van der Waals surface area contributed by atoms with Gasteiger partial charge in [-0.3, -0.25) is 4.98 Å². The number of nitrogens with zero attached hydrogens (tertiary/aromatic N) is 4. The number of anilines is 2. The van der Waals surface area contributed by atoms with Crippen LogP contribution in [0.1, 0.15) is 30.1 Å². The van der Waals surface area contributed by atoms with Crippen molar-refractivity contribution < 1.29 is 4.74 Å². The molecule has 124 valence electrons. The first-order valence-electron chi connectivity index (χ1n) is 7.97. The first-order chi connectivity index (χ1) is 11.3. The molecule has 23 heavy (non-hydrogen) atoms. The Labute approximate surface area is 140 Å². The zero-order valence-electron chi connectivity index (χ0n) is 13.7. The summed E-state index contributed by atoms with van der Waals surface area (Å²) in [4.78, 5) is 16.0. The van der Waals surface area contributed by atoms with Gasteiger partial charge in [-0.2, -0.15) is 0 Å². The second kappa shape index (κ2) is 7.81. The minimum absolute atomic E-state index is 0.401. The number of piperidine rings is 1. The predicted molar refractivity (Wildman–Crippen MR) is 92.5 cm³/mol. The molecule has 2 aromatic rings. The van der Waals surface area contributed by atoms with E-state index in [1.807, 2.05) is 12.3 Å². The molecule has 0 unspecified atom stereocenters. The summed E-state index contributed by atoms with van der Waals surface area (Å²) in [6.07, 6.45) is 5.84. The van der Waals surface area contributed by atoms with Gasteiger partial charge < -0.3 is 15.0 Å². The highest BCUT2D eigenvalue weighted by molar-refractivity contribution is 7.13. The molecule has 6 nitrogen and oxygen atoms in total. The average molecular weight is 333 g/mol. The molecule has 1 atom stereocenters. The number of thiazole rings is 1. The van der Waals surface area contributed by atoms with Crippen molar-refractivity contribution in [3.8, 4) is 0 Å². The molecule has 3 heterocycles. The molecule has 1 aliphatic rings. The van der Waals surface area contributed by atoms with Crippen LogP contribution in [0.5, 0.6) is 0 Å². The Morgan fingerprint density at radius 3 is 3.04 bits per heavy atom. The smallest absolute Gasteiger partial charge is 0.188 e. The lowest BCUT2D eigenvalue weighted by atomic mass is 9.94. The first kappa shape index (κ1) is 16.3. The van der Waals surface area contributed by atoms with Crippen molar-refractivity contribution in [1.82, 2.24) is 19.9 Å². The molecular weight excluding hydrogens is 310 g/mol. The number of hydrogen-bond acceptors (Lipinski definition) is 7. The van der Waals surface area contributed by atoms with E-state index in [1.165, 1.54) is 6.42 Å². The van der Waals surface area contributed by atoms with E-state index in [0.29, 0.717) is 5.92 Å². The normalized spacial score (nSPS) is 19.0. The topological polar surface area (TPSA) is 63.2 Å². The zero-order valence-corrected chi connectivity index (χ0v) is 14.5. The lowest BCUT2D eigenvalue weighted by molar-refractivity contribution is 0.127. The second-order valence-corrected chi connectivity index (χ2v) is 6.70. The molecule has 2 aromatic heterocycles. The summed E-state index contributed by atoms with van der Waals surface area (Å²) < 4.78 is 5.20. The monoisotopic (exact) mass is 333 g/mol. The molecule has 0 amide bonds. The van der Waals surface area contributed by atoms with Gasteiger partial charge >= 0.3 is 0 Å². The lowest BCUT2D eigenvalue weighted by Crippen LogP contribution is -2.37. The van der Waals surface area contributed by atoms with Gasteiger partial charge in [-0.25, -0.2) is 9.97 Å². The number of aryl methyl sites for hydroxylation is 1. The number of rotatable bonds is 6. The molecule has 7 heteroatoms. The zero-order chi connectivity index (χ0) is 16.1. The highest BCUT2D eigenvalue weighted by Gasteiger charge is 2.25. The maximum atomic E-state index is 5.20. The number of hydrogen-bond donors (Lipinski definition) is 1. The molecule has 0 saturated carbocycles. The van der Waals surface area contributed by atoms with Crippen molar-refractivity contribution >= 4 is 22.3 Å². The van der Waals surface area contributed by atoms with E-state index in [9.17, 15) is 0 Å². The molecule has 0 aliphatic carbocycles. The molecular formula is C16H23N5OS. The second-order valence-electron chi connectivity index (χ2n) is 5.84.